The number of ether oxygens (including phenoxy) is 1. The molecular weight excluding hydrogens is 344 g/mol. The van der Waals surface area contributed by atoms with Crippen molar-refractivity contribution in [1.29, 1.82) is 0 Å². The fourth-order valence-corrected chi connectivity index (χ4v) is 3.47. The molecule has 0 aliphatic heterocycles. The van der Waals surface area contributed by atoms with Crippen LogP contribution in [0.5, 0.6) is 5.75 Å². The van der Waals surface area contributed by atoms with Gasteiger partial charge in [-0.25, -0.2) is 4.98 Å². The molecule has 0 bridgehead atoms. The number of anilines is 1. The second kappa shape index (κ2) is 6.79. The molecule has 0 radical (unpaired) electrons. The maximum absolute atomic E-state index is 12.3. The van der Waals surface area contributed by atoms with Gasteiger partial charge in [0, 0.05) is 5.02 Å². The maximum atomic E-state index is 12.3. The van der Waals surface area contributed by atoms with Crippen LogP contribution in [0.2, 0.25) is 5.02 Å². The summed E-state index contributed by atoms with van der Waals surface area (Å²) in [5, 5.41) is 4.03. The van der Waals surface area contributed by atoms with Gasteiger partial charge in [-0.3, -0.25) is 10.1 Å². The van der Waals surface area contributed by atoms with Crippen molar-refractivity contribution in [3.05, 3.63) is 52.5 Å². The second-order valence-corrected chi connectivity index (χ2v) is 7.12. The molecule has 1 N–H and O–H groups in total. The highest BCUT2D eigenvalue weighted by atomic mass is 35.5. The number of aromatic nitrogens is 1. The lowest BCUT2D eigenvalue weighted by Gasteiger charge is -2.15. The molecule has 0 spiro atoms. The number of benzene rings is 2. The van der Waals surface area contributed by atoms with Crippen LogP contribution in [0, 0.1) is 13.8 Å². The third-order valence-electron chi connectivity index (χ3n) is 3.58. The van der Waals surface area contributed by atoms with Crippen molar-refractivity contribution in [3.63, 3.8) is 0 Å². The van der Waals surface area contributed by atoms with Gasteiger partial charge >= 0.3 is 0 Å². The Morgan fingerprint density at radius 3 is 2.79 bits per heavy atom. The van der Waals surface area contributed by atoms with E-state index >= 15 is 0 Å². The third-order valence-corrected chi connectivity index (χ3v) is 4.75. The fourth-order valence-electron chi connectivity index (χ4n) is 2.28. The molecule has 0 aliphatic carbocycles. The highest BCUT2D eigenvalue weighted by molar-refractivity contribution is 7.22. The van der Waals surface area contributed by atoms with Gasteiger partial charge in [-0.15, -0.1) is 0 Å². The molecule has 4 nitrogen and oxygen atoms in total. The summed E-state index contributed by atoms with van der Waals surface area (Å²) in [5.74, 6) is 0.405. The molecule has 3 aromatic rings. The average Bonchev–Trinajstić information content (AvgIpc) is 2.91. The molecule has 3 rings (SSSR count). The molecule has 1 amide bonds. The van der Waals surface area contributed by atoms with Crippen LogP contribution in [0.1, 0.15) is 18.1 Å². The first-order chi connectivity index (χ1) is 11.4. The highest BCUT2D eigenvalue weighted by Crippen LogP contribution is 2.27. The van der Waals surface area contributed by atoms with Crippen molar-refractivity contribution >= 4 is 44.2 Å². The Balaban J connectivity index is 1.70. The Morgan fingerprint density at radius 2 is 2.04 bits per heavy atom. The molecule has 1 aromatic heterocycles. The first-order valence-electron chi connectivity index (χ1n) is 7.53. The Bertz CT molecular complexity index is 907. The standard InChI is InChI=1S/C18H17ClN2O2S/c1-10-4-6-14-16(8-10)24-18(20-14)21-17(22)12(3)23-15-7-5-13(19)9-11(15)2/h4-9,12H,1-3H3,(H,20,21,22)/t12-/m0/s1. The number of amides is 1. The Kier molecular flexibility index (Phi) is 4.73. The summed E-state index contributed by atoms with van der Waals surface area (Å²) in [6.07, 6.45) is -0.640. The van der Waals surface area contributed by atoms with E-state index in [2.05, 4.69) is 16.4 Å². The number of thiazole rings is 1. The summed E-state index contributed by atoms with van der Waals surface area (Å²) in [5.41, 5.74) is 2.93. The summed E-state index contributed by atoms with van der Waals surface area (Å²) in [4.78, 5) is 16.8. The van der Waals surface area contributed by atoms with Gasteiger partial charge in [-0.1, -0.05) is 29.0 Å². The minimum absolute atomic E-state index is 0.236. The Labute approximate surface area is 149 Å². The van der Waals surface area contributed by atoms with Crippen LogP contribution >= 0.6 is 22.9 Å². The van der Waals surface area contributed by atoms with Crippen LogP contribution < -0.4 is 10.1 Å². The molecule has 1 heterocycles. The predicted octanol–water partition coefficient (Wildman–Crippen LogP) is 4.97. The van der Waals surface area contributed by atoms with E-state index in [-0.39, 0.29) is 5.91 Å². The lowest BCUT2D eigenvalue weighted by atomic mass is 10.2. The van der Waals surface area contributed by atoms with Gasteiger partial charge in [0.05, 0.1) is 10.2 Å². The lowest BCUT2D eigenvalue weighted by Crippen LogP contribution is -2.30. The third kappa shape index (κ3) is 3.68. The van der Waals surface area contributed by atoms with Crippen molar-refractivity contribution in [3.8, 4) is 5.75 Å². The summed E-state index contributed by atoms with van der Waals surface area (Å²) in [6, 6.07) is 11.3. The van der Waals surface area contributed by atoms with E-state index < -0.39 is 6.10 Å². The number of nitrogens with zero attached hydrogens (tertiary/aromatic N) is 1. The van der Waals surface area contributed by atoms with E-state index in [9.17, 15) is 4.79 Å². The first kappa shape index (κ1) is 16.7. The zero-order chi connectivity index (χ0) is 17.3. The van der Waals surface area contributed by atoms with Crippen molar-refractivity contribution in [2.75, 3.05) is 5.32 Å². The van der Waals surface area contributed by atoms with E-state index in [1.54, 1.807) is 25.1 Å². The normalized spacial score (nSPS) is 12.2. The number of rotatable bonds is 4. The van der Waals surface area contributed by atoms with Crippen LogP contribution in [-0.4, -0.2) is 17.0 Å². The van der Waals surface area contributed by atoms with E-state index in [0.29, 0.717) is 15.9 Å². The van der Waals surface area contributed by atoms with Gasteiger partial charge in [-0.05, 0) is 62.2 Å². The number of nitrogens with one attached hydrogen (secondary N) is 1. The smallest absolute Gasteiger partial charge is 0.266 e. The van der Waals surface area contributed by atoms with Crippen LogP contribution in [0.15, 0.2) is 36.4 Å². The maximum Gasteiger partial charge on any atom is 0.266 e. The zero-order valence-corrected chi connectivity index (χ0v) is 15.2. The topological polar surface area (TPSA) is 51.2 Å². The molecule has 1 atom stereocenters. The largest absolute Gasteiger partial charge is 0.481 e. The number of halogens is 1. The van der Waals surface area contributed by atoms with Gasteiger partial charge < -0.3 is 4.74 Å². The van der Waals surface area contributed by atoms with Gasteiger partial charge in [0.15, 0.2) is 11.2 Å². The molecular formula is C18H17ClN2O2S. The van der Waals surface area contributed by atoms with Gasteiger partial charge in [0.2, 0.25) is 0 Å². The van der Waals surface area contributed by atoms with Gasteiger partial charge in [-0.2, -0.15) is 0 Å². The quantitative estimate of drug-likeness (QED) is 0.714. The molecule has 0 unspecified atom stereocenters. The number of carbonyl (C=O) groups excluding carboxylic acids is 1. The highest BCUT2D eigenvalue weighted by Gasteiger charge is 2.17. The minimum atomic E-state index is -0.640. The molecule has 0 aliphatic rings. The molecule has 124 valence electrons. The Hall–Kier alpha value is -2.11. The van der Waals surface area contributed by atoms with Crippen molar-refractivity contribution in [2.45, 2.75) is 26.9 Å². The van der Waals surface area contributed by atoms with Crippen molar-refractivity contribution in [1.82, 2.24) is 4.98 Å². The summed E-state index contributed by atoms with van der Waals surface area (Å²) < 4.78 is 6.78. The number of hydrogen-bond donors (Lipinski definition) is 1. The van der Waals surface area contributed by atoms with Crippen LogP contribution in [0.25, 0.3) is 10.2 Å². The second-order valence-electron chi connectivity index (χ2n) is 5.65. The van der Waals surface area contributed by atoms with Crippen LogP contribution in [0.4, 0.5) is 5.13 Å². The van der Waals surface area contributed by atoms with Crippen LogP contribution in [-0.2, 0) is 4.79 Å². The number of carbonyl (C=O) groups is 1. The monoisotopic (exact) mass is 360 g/mol. The molecule has 2 aromatic carbocycles. The zero-order valence-electron chi connectivity index (χ0n) is 13.6. The minimum Gasteiger partial charge on any atom is -0.481 e. The number of fused-ring (bicyclic) bond motifs is 1. The summed E-state index contributed by atoms with van der Waals surface area (Å²) >= 11 is 7.38. The van der Waals surface area contributed by atoms with E-state index in [1.807, 2.05) is 26.0 Å². The molecule has 6 heteroatoms. The number of hydrogen-bond acceptors (Lipinski definition) is 4. The summed E-state index contributed by atoms with van der Waals surface area (Å²) in [7, 11) is 0. The van der Waals surface area contributed by atoms with Crippen LogP contribution in [0.3, 0.4) is 0 Å². The Morgan fingerprint density at radius 1 is 1.25 bits per heavy atom. The molecule has 24 heavy (non-hydrogen) atoms. The van der Waals surface area contributed by atoms with Gasteiger partial charge in [0.1, 0.15) is 5.75 Å². The molecule has 0 fully saturated rings. The van der Waals surface area contributed by atoms with E-state index in [0.717, 1.165) is 15.8 Å². The molecule has 0 saturated carbocycles. The van der Waals surface area contributed by atoms with E-state index in [4.69, 9.17) is 16.3 Å². The lowest BCUT2D eigenvalue weighted by molar-refractivity contribution is -0.122. The number of aryl methyl sites for hydroxylation is 2. The van der Waals surface area contributed by atoms with Gasteiger partial charge in [0.25, 0.3) is 5.91 Å². The summed E-state index contributed by atoms with van der Waals surface area (Å²) in [6.45, 7) is 5.63. The van der Waals surface area contributed by atoms with Crippen molar-refractivity contribution < 1.29 is 9.53 Å². The predicted molar refractivity (Wildman–Crippen MR) is 99.3 cm³/mol. The molecule has 0 saturated heterocycles. The van der Waals surface area contributed by atoms with E-state index in [1.165, 1.54) is 16.9 Å². The average molecular weight is 361 g/mol. The SMILES string of the molecule is Cc1ccc2nc(NC(=O)[C@H](C)Oc3ccc(Cl)cc3C)sc2c1. The first-order valence-corrected chi connectivity index (χ1v) is 8.72. The van der Waals surface area contributed by atoms with Crippen molar-refractivity contribution in [2.24, 2.45) is 0 Å². The fraction of sp³-hybridized carbons (Fsp3) is 0.222.